The maximum atomic E-state index is 12.5. The number of methoxy groups -OCH3 is 1. The molecule has 0 radical (unpaired) electrons. The second-order valence-electron chi connectivity index (χ2n) is 6.12. The highest BCUT2D eigenvalue weighted by molar-refractivity contribution is 5.89. The molecular weight excluding hydrogens is 304 g/mol. The lowest BCUT2D eigenvalue weighted by atomic mass is 9.83. The van der Waals surface area contributed by atoms with Crippen molar-refractivity contribution in [3.63, 3.8) is 0 Å². The Morgan fingerprint density at radius 2 is 1.62 bits per heavy atom. The van der Waals surface area contributed by atoms with Gasteiger partial charge in [-0.1, -0.05) is 24.3 Å². The van der Waals surface area contributed by atoms with E-state index in [1.54, 1.807) is 36.4 Å². The van der Waals surface area contributed by atoms with E-state index in [1.807, 2.05) is 26.0 Å². The van der Waals surface area contributed by atoms with E-state index < -0.39 is 5.41 Å². The van der Waals surface area contributed by atoms with Gasteiger partial charge in [0.05, 0.1) is 18.1 Å². The van der Waals surface area contributed by atoms with Crippen LogP contribution in [0.1, 0.15) is 35.3 Å². The Morgan fingerprint density at radius 3 is 2.17 bits per heavy atom. The number of rotatable bonds is 5. The largest absolute Gasteiger partial charge is 0.465 e. The Kier molecular flexibility index (Phi) is 5.24. The van der Waals surface area contributed by atoms with Crippen molar-refractivity contribution in [2.75, 3.05) is 12.8 Å². The first kappa shape index (κ1) is 17.5. The van der Waals surface area contributed by atoms with Crippen LogP contribution in [0.4, 0.5) is 5.69 Å². The van der Waals surface area contributed by atoms with Crippen LogP contribution in [0, 0.1) is 0 Å². The fourth-order valence-corrected chi connectivity index (χ4v) is 2.31. The number of carbonyl (C=O) groups excluding carboxylic acids is 2. The molecular formula is C19H22N2O3. The van der Waals surface area contributed by atoms with E-state index >= 15 is 0 Å². The molecule has 0 atom stereocenters. The minimum absolute atomic E-state index is 0.0793. The predicted molar refractivity (Wildman–Crippen MR) is 93.5 cm³/mol. The van der Waals surface area contributed by atoms with Crippen molar-refractivity contribution in [2.45, 2.75) is 25.8 Å². The smallest absolute Gasteiger partial charge is 0.337 e. The van der Waals surface area contributed by atoms with Crippen LogP contribution >= 0.6 is 0 Å². The zero-order valence-corrected chi connectivity index (χ0v) is 14.1. The van der Waals surface area contributed by atoms with E-state index in [0.29, 0.717) is 17.8 Å². The van der Waals surface area contributed by atoms with E-state index in [0.717, 1.165) is 11.1 Å². The number of benzene rings is 2. The van der Waals surface area contributed by atoms with Crippen LogP contribution in [0.3, 0.4) is 0 Å². The van der Waals surface area contributed by atoms with Gasteiger partial charge in [-0.2, -0.15) is 0 Å². The molecule has 0 unspecified atom stereocenters. The second kappa shape index (κ2) is 7.17. The van der Waals surface area contributed by atoms with E-state index in [4.69, 9.17) is 5.73 Å². The lowest BCUT2D eigenvalue weighted by molar-refractivity contribution is -0.125. The number of nitrogens with two attached hydrogens (primary N) is 1. The van der Waals surface area contributed by atoms with Gasteiger partial charge in [-0.3, -0.25) is 4.79 Å². The second-order valence-corrected chi connectivity index (χ2v) is 6.12. The molecule has 0 aliphatic heterocycles. The normalized spacial score (nSPS) is 11.0. The predicted octanol–water partition coefficient (Wildman–Crippen LogP) is 2.65. The first-order valence-electron chi connectivity index (χ1n) is 7.66. The van der Waals surface area contributed by atoms with Gasteiger partial charge < -0.3 is 15.8 Å². The van der Waals surface area contributed by atoms with Crippen molar-refractivity contribution in [3.8, 4) is 0 Å². The van der Waals surface area contributed by atoms with Crippen LogP contribution in [0.5, 0.6) is 0 Å². The Bertz CT molecular complexity index is 719. The van der Waals surface area contributed by atoms with Crippen molar-refractivity contribution < 1.29 is 14.3 Å². The lowest BCUT2D eigenvalue weighted by Gasteiger charge is -2.24. The van der Waals surface area contributed by atoms with Gasteiger partial charge in [-0.15, -0.1) is 0 Å². The molecule has 3 N–H and O–H groups in total. The summed E-state index contributed by atoms with van der Waals surface area (Å²) in [7, 11) is 1.34. The molecule has 0 bridgehead atoms. The van der Waals surface area contributed by atoms with Crippen molar-refractivity contribution in [1.29, 1.82) is 0 Å². The Balaban J connectivity index is 2.01. The summed E-state index contributed by atoms with van der Waals surface area (Å²) < 4.78 is 4.66. The minimum atomic E-state index is -0.667. The van der Waals surface area contributed by atoms with Gasteiger partial charge in [0.15, 0.2) is 0 Å². The summed E-state index contributed by atoms with van der Waals surface area (Å²) in [5.74, 6) is -0.459. The van der Waals surface area contributed by atoms with Crippen molar-refractivity contribution in [2.24, 2.45) is 0 Å². The molecule has 126 valence electrons. The van der Waals surface area contributed by atoms with Gasteiger partial charge in [0.2, 0.25) is 5.91 Å². The molecule has 0 aliphatic rings. The number of hydrogen-bond donors (Lipinski definition) is 2. The van der Waals surface area contributed by atoms with Crippen LogP contribution < -0.4 is 11.1 Å². The molecule has 2 aromatic rings. The van der Waals surface area contributed by atoms with E-state index in [1.165, 1.54) is 7.11 Å². The molecule has 0 fully saturated rings. The first-order valence-corrected chi connectivity index (χ1v) is 7.66. The SMILES string of the molecule is COC(=O)c1ccc(CNC(=O)C(C)(C)c2ccc(N)cc2)cc1. The molecule has 1 amide bonds. The van der Waals surface area contributed by atoms with Crippen LogP contribution in [0.2, 0.25) is 0 Å². The topological polar surface area (TPSA) is 81.4 Å². The number of anilines is 1. The third-order valence-corrected chi connectivity index (χ3v) is 4.03. The molecule has 5 nitrogen and oxygen atoms in total. The van der Waals surface area contributed by atoms with Crippen LogP contribution in [0.15, 0.2) is 48.5 Å². The monoisotopic (exact) mass is 326 g/mol. The molecule has 0 heterocycles. The summed E-state index contributed by atoms with van der Waals surface area (Å²) in [6.45, 7) is 4.13. The molecule has 0 spiro atoms. The summed E-state index contributed by atoms with van der Waals surface area (Å²) >= 11 is 0. The average Bonchev–Trinajstić information content (AvgIpc) is 2.59. The molecule has 0 aliphatic carbocycles. The number of nitrogen functional groups attached to an aromatic ring is 1. The third kappa shape index (κ3) is 3.93. The summed E-state index contributed by atoms with van der Waals surface area (Å²) in [6.07, 6.45) is 0. The van der Waals surface area contributed by atoms with E-state index in [-0.39, 0.29) is 11.9 Å². The van der Waals surface area contributed by atoms with Gasteiger partial charge in [0.1, 0.15) is 0 Å². The maximum Gasteiger partial charge on any atom is 0.337 e. The standard InChI is InChI=1S/C19H22N2O3/c1-19(2,15-8-10-16(20)11-9-15)18(23)21-12-13-4-6-14(7-5-13)17(22)24-3/h4-11H,12,20H2,1-3H3,(H,21,23). The van der Waals surface area contributed by atoms with Crippen molar-refractivity contribution in [3.05, 3.63) is 65.2 Å². The van der Waals surface area contributed by atoms with E-state index in [9.17, 15) is 9.59 Å². The van der Waals surface area contributed by atoms with Gasteiger partial charge in [-0.05, 0) is 49.2 Å². The zero-order chi connectivity index (χ0) is 17.7. The summed E-state index contributed by atoms with van der Waals surface area (Å²) in [5.41, 5.74) is 7.98. The maximum absolute atomic E-state index is 12.5. The number of nitrogens with one attached hydrogen (secondary N) is 1. The lowest BCUT2D eigenvalue weighted by Crippen LogP contribution is -2.39. The Morgan fingerprint density at radius 1 is 1.04 bits per heavy atom. The summed E-state index contributed by atoms with van der Waals surface area (Å²) in [5, 5.41) is 2.93. The summed E-state index contributed by atoms with van der Waals surface area (Å²) in [6, 6.07) is 14.2. The van der Waals surface area contributed by atoms with Crippen molar-refractivity contribution >= 4 is 17.6 Å². The first-order chi connectivity index (χ1) is 11.3. The Labute approximate surface area is 141 Å². The highest BCUT2D eigenvalue weighted by Crippen LogP contribution is 2.24. The number of esters is 1. The Hall–Kier alpha value is -2.82. The van der Waals surface area contributed by atoms with Gasteiger partial charge >= 0.3 is 5.97 Å². The third-order valence-electron chi connectivity index (χ3n) is 4.03. The van der Waals surface area contributed by atoms with Crippen molar-refractivity contribution in [1.82, 2.24) is 5.32 Å². The van der Waals surface area contributed by atoms with Gasteiger partial charge in [0, 0.05) is 12.2 Å². The number of hydrogen-bond acceptors (Lipinski definition) is 4. The molecule has 0 saturated carbocycles. The highest BCUT2D eigenvalue weighted by atomic mass is 16.5. The fraction of sp³-hybridized carbons (Fsp3) is 0.263. The van der Waals surface area contributed by atoms with Gasteiger partial charge in [0.25, 0.3) is 0 Å². The number of amides is 1. The quantitative estimate of drug-likeness (QED) is 0.654. The van der Waals surface area contributed by atoms with Crippen LogP contribution in [-0.4, -0.2) is 19.0 Å². The molecule has 2 aromatic carbocycles. The average molecular weight is 326 g/mol. The molecule has 2 rings (SSSR count). The van der Waals surface area contributed by atoms with E-state index in [2.05, 4.69) is 10.1 Å². The minimum Gasteiger partial charge on any atom is -0.465 e. The summed E-state index contributed by atoms with van der Waals surface area (Å²) in [4.78, 5) is 23.9. The zero-order valence-electron chi connectivity index (χ0n) is 14.1. The molecule has 5 heteroatoms. The number of ether oxygens (including phenoxy) is 1. The molecule has 24 heavy (non-hydrogen) atoms. The number of carbonyl (C=O) groups is 2. The molecule has 0 saturated heterocycles. The van der Waals surface area contributed by atoms with Gasteiger partial charge in [-0.25, -0.2) is 4.79 Å². The van der Waals surface area contributed by atoms with Crippen LogP contribution in [-0.2, 0) is 21.5 Å². The van der Waals surface area contributed by atoms with Crippen LogP contribution in [0.25, 0.3) is 0 Å². The highest BCUT2D eigenvalue weighted by Gasteiger charge is 2.29. The molecule has 0 aromatic heterocycles. The fourth-order valence-electron chi connectivity index (χ4n) is 2.31.